The number of nitrogens with zero attached hydrogens (tertiary/aromatic N) is 4. The van der Waals surface area contributed by atoms with Crippen molar-refractivity contribution < 1.29 is 0 Å². The summed E-state index contributed by atoms with van der Waals surface area (Å²) in [5.74, 6) is 0. The van der Waals surface area contributed by atoms with Crippen molar-refractivity contribution in [3.8, 4) is 6.07 Å². The lowest BCUT2D eigenvalue weighted by Gasteiger charge is -2.18. The summed E-state index contributed by atoms with van der Waals surface area (Å²) in [4.78, 5) is 14.2. The van der Waals surface area contributed by atoms with Crippen molar-refractivity contribution in [2.24, 2.45) is 0 Å². The summed E-state index contributed by atoms with van der Waals surface area (Å²) in [6.45, 7) is 2.17. The quantitative estimate of drug-likeness (QED) is 0.732. The van der Waals surface area contributed by atoms with E-state index in [1.165, 1.54) is 18.5 Å². The highest BCUT2D eigenvalue weighted by Crippen LogP contribution is 2.33. The van der Waals surface area contributed by atoms with Crippen molar-refractivity contribution in [3.63, 3.8) is 0 Å². The van der Waals surface area contributed by atoms with E-state index in [9.17, 15) is 0 Å². The van der Waals surface area contributed by atoms with Gasteiger partial charge in [-0.15, -0.1) is 0 Å². The molecule has 0 atom stereocenters. The number of pyridine rings is 2. The van der Waals surface area contributed by atoms with Crippen LogP contribution < -0.4 is 4.90 Å². The summed E-state index contributed by atoms with van der Waals surface area (Å²) in [5, 5.41) is 11.2. The van der Waals surface area contributed by atoms with Crippen molar-refractivity contribution in [3.05, 3.63) is 30.2 Å². The number of hydrogen-bond acceptors (Lipinski definition) is 4. The van der Waals surface area contributed by atoms with E-state index in [-0.39, 0.29) is 0 Å². The highest BCUT2D eigenvalue weighted by molar-refractivity contribution is 6.12. The van der Waals surface area contributed by atoms with Gasteiger partial charge < -0.3 is 9.88 Å². The minimum absolute atomic E-state index is 0.439. The second-order valence-corrected chi connectivity index (χ2v) is 5.10. The van der Waals surface area contributed by atoms with E-state index >= 15 is 0 Å². The van der Waals surface area contributed by atoms with Gasteiger partial charge in [-0.25, -0.2) is 9.97 Å². The number of anilines is 1. The van der Waals surface area contributed by atoms with Crippen LogP contribution in [0.5, 0.6) is 0 Å². The molecular formula is C15H13N5. The first-order chi connectivity index (χ1) is 9.86. The largest absolute Gasteiger partial charge is 0.371 e. The molecule has 3 aromatic rings. The fraction of sp³-hybridized carbons (Fsp3) is 0.267. The number of nitriles is 1. The van der Waals surface area contributed by atoms with Crippen LogP contribution in [0.3, 0.4) is 0 Å². The molecule has 0 saturated carbocycles. The van der Waals surface area contributed by atoms with Gasteiger partial charge in [0.15, 0.2) is 0 Å². The lowest BCUT2D eigenvalue weighted by molar-refractivity contribution is 0.949. The number of nitrogens with one attached hydrogen (secondary N) is 1. The first-order valence-electron chi connectivity index (χ1n) is 6.78. The summed E-state index contributed by atoms with van der Waals surface area (Å²) < 4.78 is 0. The van der Waals surface area contributed by atoms with E-state index in [0.717, 1.165) is 35.0 Å². The molecule has 1 aliphatic heterocycles. The van der Waals surface area contributed by atoms with Gasteiger partial charge in [0.1, 0.15) is 17.4 Å². The van der Waals surface area contributed by atoms with Gasteiger partial charge in [0.2, 0.25) is 0 Å². The predicted octanol–water partition coefficient (Wildman–Crippen LogP) is 2.58. The van der Waals surface area contributed by atoms with Crippen LogP contribution in [0, 0.1) is 11.3 Å². The van der Waals surface area contributed by atoms with E-state index < -0.39 is 0 Å². The van der Waals surface area contributed by atoms with Gasteiger partial charge >= 0.3 is 0 Å². The van der Waals surface area contributed by atoms with Crippen molar-refractivity contribution in [1.29, 1.82) is 5.26 Å². The molecule has 0 amide bonds. The minimum Gasteiger partial charge on any atom is -0.371 e. The fourth-order valence-corrected chi connectivity index (χ4v) is 2.98. The van der Waals surface area contributed by atoms with Crippen molar-refractivity contribution >= 4 is 27.6 Å². The smallest absolute Gasteiger partial charge is 0.141 e. The molecule has 5 nitrogen and oxygen atoms in total. The van der Waals surface area contributed by atoms with Gasteiger partial charge in [0.05, 0.1) is 17.1 Å². The molecule has 1 N–H and O–H groups in total. The van der Waals surface area contributed by atoms with Gasteiger partial charge in [-0.2, -0.15) is 5.26 Å². The normalized spacial score (nSPS) is 15.1. The van der Waals surface area contributed by atoms with Gasteiger partial charge in [-0.3, -0.25) is 0 Å². The lowest BCUT2D eigenvalue weighted by Crippen LogP contribution is -2.17. The minimum atomic E-state index is 0.439. The molecule has 4 rings (SSSR count). The molecule has 0 aliphatic carbocycles. The third-order valence-corrected chi connectivity index (χ3v) is 3.92. The maximum absolute atomic E-state index is 9.04. The number of hydrogen-bond donors (Lipinski definition) is 1. The molecule has 0 radical (unpaired) electrons. The molecule has 4 heterocycles. The Labute approximate surface area is 115 Å². The maximum Gasteiger partial charge on any atom is 0.141 e. The average Bonchev–Trinajstić information content (AvgIpc) is 3.13. The number of rotatable bonds is 1. The molecule has 1 fully saturated rings. The Morgan fingerprint density at radius 2 is 2.10 bits per heavy atom. The molecule has 5 heteroatoms. The molecule has 0 bridgehead atoms. The van der Waals surface area contributed by atoms with E-state index in [0.29, 0.717) is 5.69 Å². The summed E-state index contributed by atoms with van der Waals surface area (Å²) in [7, 11) is 0. The van der Waals surface area contributed by atoms with Crippen LogP contribution in [0.15, 0.2) is 24.5 Å². The van der Waals surface area contributed by atoms with Crippen LogP contribution in [-0.2, 0) is 0 Å². The summed E-state index contributed by atoms with van der Waals surface area (Å²) in [6, 6.07) is 6.01. The standard InChI is InChI=1S/C15H13N5/c16-8-10-7-11-12(9-18-10)19-15-14(11)13(3-4-17-15)20-5-1-2-6-20/h3-4,7,9H,1-2,5-6H2,(H,17,19). The number of H-pyrrole nitrogens is 1. The van der Waals surface area contributed by atoms with E-state index in [1.54, 1.807) is 6.20 Å². The Morgan fingerprint density at radius 1 is 1.25 bits per heavy atom. The molecule has 0 aromatic carbocycles. The SMILES string of the molecule is N#Cc1cc2c(cn1)[nH]c1nccc(N3CCCC3)c12. The number of aromatic amines is 1. The van der Waals surface area contributed by atoms with Crippen molar-refractivity contribution in [2.75, 3.05) is 18.0 Å². The summed E-state index contributed by atoms with van der Waals surface area (Å²) in [5.41, 5.74) is 3.43. The van der Waals surface area contributed by atoms with Gasteiger partial charge in [0, 0.05) is 30.4 Å². The topological polar surface area (TPSA) is 68.6 Å². The number of fused-ring (bicyclic) bond motifs is 3. The van der Waals surface area contributed by atoms with Crippen LogP contribution in [0.4, 0.5) is 5.69 Å². The van der Waals surface area contributed by atoms with Crippen LogP contribution >= 0.6 is 0 Å². The molecule has 3 aromatic heterocycles. The zero-order valence-electron chi connectivity index (χ0n) is 10.9. The predicted molar refractivity (Wildman–Crippen MR) is 77.6 cm³/mol. The van der Waals surface area contributed by atoms with Crippen molar-refractivity contribution in [2.45, 2.75) is 12.8 Å². The molecule has 20 heavy (non-hydrogen) atoms. The Morgan fingerprint density at radius 3 is 2.90 bits per heavy atom. The van der Waals surface area contributed by atoms with Crippen LogP contribution in [0.1, 0.15) is 18.5 Å². The number of aromatic nitrogens is 3. The average molecular weight is 263 g/mol. The second kappa shape index (κ2) is 4.20. The Kier molecular flexibility index (Phi) is 2.36. The van der Waals surface area contributed by atoms with Gasteiger partial charge in [-0.05, 0) is 25.0 Å². The van der Waals surface area contributed by atoms with E-state index in [2.05, 4.69) is 32.0 Å². The molecule has 0 unspecified atom stereocenters. The van der Waals surface area contributed by atoms with E-state index in [4.69, 9.17) is 5.26 Å². The molecule has 98 valence electrons. The van der Waals surface area contributed by atoms with Crippen molar-refractivity contribution in [1.82, 2.24) is 15.0 Å². The van der Waals surface area contributed by atoms with Crippen LogP contribution in [0.2, 0.25) is 0 Å². The van der Waals surface area contributed by atoms with Crippen LogP contribution in [0.25, 0.3) is 21.9 Å². The Bertz CT molecular complexity index is 836. The third kappa shape index (κ3) is 1.55. The zero-order chi connectivity index (χ0) is 13.5. The highest BCUT2D eigenvalue weighted by Gasteiger charge is 2.18. The first kappa shape index (κ1) is 11.2. The third-order valence-electron chi connectivity index (χ3n) is 3.92. The fourth-order valence-electron chi connectivity index (χ4n) is 2.98. The summed E-state index contributed by atoms with van der Waals surface area (Å²) in [6.07, 6.45) is 6.02. The first-order valence-corrected chi connectivity index (χ1v) is 6.78. The molecule has 1 saturated heterocycles. The Balaban J connectivity index is 2.06. The molecular weight excluding hydrogens is 250 g/mol. The maximum atomic E-state index is 9.04. The lowest BCUT2D eigenvalue weighted by atomic mass is 10.1. The molecule has 1 aliphatic rings. The monoisotopic (exact) mass is 263 g/mol. The van der Waals surface area contributed by atoms with Gasteiger partial charge in [-0.1, -0.05) is 0 Å². The second-order valence-electron chi connectivity index (χ2n) is 5.10. The Hall–Kier alpha value is -2.61. The zero-order valence-corrected chi connectivity index (χ0v) is 10.9. The van der Waals surface area contributed by atoms with Crippen LogP contribution in [-0.4, -0.2) is 28.0 Å². The highest BCUT2D eigenvalue weighted by atomic mass is 15.1. The van der Waals surface area contributed by atoms with E-state index in [1.807, 2.05) is 12.3 Å². The molecule has 0 spiro atoms. The van der Waals surface area contributed by atoms with Gasteiger partial charge in [0.25, 0.3) is 0 Å². The summed E-state index contributed by atoms with van der Waals surface area (Å²) >= 11 is 0.